The molecule has 1 N–H and O–H groups in total. The van der Waals surface area contributed by atoms with Crippen LogP contribution in [0.25, 0.3) is 0 Å². The van der Waals surface area contributed by atoms with Crippen LogP contribution in [0.4, 0.5) is 5.82 Å². The first-order valence-corrected chi connectivity index (χ1v) is 3.44. The van der Waals surface area contributed by atoms with Crippen LogP contribution in [0.1, 0.15) is 5.82 Å². The van der Waals surface area contributed by atoms with Gasteiger partial charge in [0.2, 0.25) is 0 Å². The minimum Gasteiger partial charge on any atom is -1.00 e. The molecule has 0 amide bonds. The molecule has 1 rings (SSSR count). The maximum absolute atomic E-state index is 10.4. The van der Waals surface area contributed by atoms with Gasteiger partial charge in [-0.15, -0.1) is 0 Å². The third-order valence-corrected chi connectivity index (χ3v) is 1.54. The molecular weight excluding hydrogens is 221 g/mol. The van der Waals surface area contributed by atoms with Crippen molar-refractivity contribution in [1.82, 2.24) is 9.55 Å². The van der Waals surface area contributed by atoms with Crippen LogP contribution in [-0.2, 0) is 6.54 Å². The summed E-state index contributed by atoms with van der Waals surface area (Å²) in [5.74, 6) is 0.456. The van der Waals surface area contributed by atoms with Crippen LogP contribution in [0.15, 0.2) is 6.20 Å². The number of aliphatic hydroxyl groups excluding tert-OH is 1. The first kappa shape index (κ1) is 16.3. The summed E-state index contributed by atoms with van der Waals surface area (Å²) in [5.41, 5.74) is 0. The Hall–Kier alpha value is -0.140. The van der Waals surface area contributed by atoms with Crippen molar-refractivity contribution in [3.8, 4) is 0 Å². The summed E-state index contributed by atoms with van der Waals surface area (Å²) in [6, 6.07) is 0. The van der Waals surface area contributed by atoms with E-state index in [-0.39, 0.29) is 60.9 Å². The summed E-state index contributed by atoms with van der Waals surface area (Å²) < 4.78 is 1.36. The topological polar surface area (TPSA) is 81.2 Å². The summed E-state index contributed by atoms with van der Waals surface area (Å²) in [6.07, 6.45) is 1.19. The molecule has 0 aliphatic heterocycles. The molecule has 0 atom stereocenters. The molecule has 14 heavy (non-hydrogen) atoms. The van der Waals surface area contributed by atoms with Crippen LogP contribution in [0, 0.1) is 17.0 Å². The average Bonchev–Trinajstić information content (AvgIpc) is 2.34. The number of rotatable bonds is 3. The van der Waals surface area contributed by atoms with Crippen LogP contribution in [0.5, 0.6) is 0 Å². The van der Waals surface area contributed by atoms with Gasteiger partial charge in [0.05, 0.1) is 6.61 Å². The second kappa shape index (κ2) is 7.19. The Labute approximate surface area is 109 Å². The number of imidazole rings is 1. The first-order valence-electron chi connectivity index (χ1n) is 3.44. The molecule has 0 aliphatic carbocycles. The number of hydrogen-bond acceptors (Lipinski definition) is 4. The molecule has 0 saturated heterocycles. The molecule has 0 aromatic carbocycles. The van der Waals surface area contributed by atoms with Gasteiger partial charge in [0.25, 0.3) is 0 Å². The molecule has 0 spiro atoms. The zero-order valence-electron chi connectivity index (χ0n) is 7.97. The number of hydrogen-bond donors (Lipinski definition) is 1. The van der Waals surface area contributed by atoms with Gasteiger partial charge in [-0.05, 0) is 4.92 Å². The molecule has 0 unspecified atom stereocenters. The fourth-order valence-electron chi connectivity index (χ4n) is 0.978. The smallest absolute Gasteiger partial charge is 1.00 e. The van der Waals surface area contributed by atoms with E-state index in [0.717, 1.165) is 0 Å². The standard InChI is InChI=1S/C6H9N3O3.ClH.Na/c1-5-7-4-6(9(11)12)8(5)2-3-10;;/h4,10H,2-3H2,1H3;1H;/q;;+1/p-1. The molecular formula is C6H9ClN3NaO3. The van der Waals surface area contributed by atoms with Crippen molar-refractivity contribution in [2.75, 3.05) is 6.61 Å². The maximum atomic E-state index is 10.4. The van der Waals surface area contributed by atoms with Gasteiger partial charge in [-0.1, -0.05) is 0 Å². The van der Waals surface area contributed by atoms with Crippen LogP contribution in [-0.4, -0.2) is 26.2 Å². The molecule has 6 nitrogen and oxygen atoms in total. The number of nitrogens with zero attached hydrogens (tertiary/aromatic N) is 3. The normalized spacial score (nSPS) is 8.71. The van der Waals surface area contributed by atoms with E-state index >= 15 is 0 Å². The molecule has 1 aromatic rings. The Bertz CT molecular complexity index is 305. The van der Waals surface area contributed by atoms with Crippen LogP contribution in [0.2, 0.25) is 0 Å². The molecule has 1 aromatic heterocycles. The summed E-state index contributed by atoms with van der Waals surface area (Å²) >= 11 is 0. The van der Waals surface area contributed by atoms with Gasteiger partial charge in [-0.2, -0.15) is 0 Å². The summed E-state index contributed by atoms with van der Waals surface area (Å²) in [6.45, 7) is 1.74. The van der Waals surface area contributed by atoms with Gasteiger partial charge in [-0.25, -0.2) is 9.55 Å². The molecule has 0 fully saturated rings. The first-order chi connectivity index (χ1) is 5.66. The number of aromatic nitrogens is 2. The van der Waals surface area contributed by atoms with E-state index in [9.17, 15) is 10.1 Å². The fraction of sp³-hybridized carbons (Fsp3) is 0.500. The second-order valence-electron chi connectivity index (χ2n) is 2.30. The summed E-state index contributed by atoms with van der Waals surface area (Å²) in [7, 11) is 0. The number of halogens is 1. The van der Waals surface area contributed by atoms with E-state index < -0.39 is 4.92 Å². The van der Waals surface area contributed by atoms with Crippen molar-refractivity contribution < 1.29 is 52.0 Å². The molecule has 8 heteroatoms. The van der Waals surface area contributed by atoms with Crippen LogP contribution in [0.3, 0.4) is 0 Å². The van der Waals surface area contributed by atoms with Crippen molar-refractivity contribution in [2.24, 2.45) is 0 Å². The second-order valence-corrected chi connectivity index (χ2v) is 2.30. The minimum absolute atomic E-state index is 0. The molecule has 0 bridgehead atoms. The predicted octanol–water partition coefficient (Wildman–Crippen LogP) is -5.90. The minimum atomic E-state index is -0.518. The van der Waals surface area contributed by atoms with Gasteiger partial charge >= 0.3 is 35.4 Å². The Morgan fingerprint density at radius 2 is 2.29 bits per heavy atom. The molecule has 0 radical (unpaired) electrons. The van der Waals surface area contributed by atoms with Crippen molar-refractivity contribution in [1.29, 1.82) is 0 Å². The number of aliphatic hydroxyl groups is 1. The van der Waals surface area contributed by atoms with E-state index in [1.165, 1.54) is 10.8 Å². The van der Waals surface area contributed by atoms with Crippen molar-refractivity contribution in [3.05, 3.63) is 22.1 Å². The molecule has 74 valence electrons. The van der Waals surface area contributed by atoms with E-state index in [2.05, 4.69) is 4.98 Å². The van der Waals surface area contributed by atoms with Gasteiger partial charge in [0, 0.05) is 6.92 Å². The molecule has 0 saturated carbocycles. The van der Waals surface area contributed by atoms with Gasteiger partial charge in [0.1, 0.15) is 12.7 Å². The van der Waals surface area contributed by atoms with Gasteiger partial charge in [0.15, 0.2) is 5.82 Å². The van der Waals surface area contributed by atoms with Crippen LogP contribution < -0.4 is 42.0 Å². The maximum Gasteiger partial charge on any atom is 1.00 e. The Kier molecular flexibility index (Phi) is 8.37. The third kappa shape index (κ3) is 3.55. The zero-order valence-corrected chi connectivity index (χ0v) is 10.7. The number of aryl methyl sites for hydroxylation is 1. The Morgan fingerprint density at radius 1 is 1.71 bits per heavy atom. The van der Waals surface area contributed by atoms with Crippen molar-refractivity contribution >= 4 is 5.82 Å². The van der Waals surface area contributed by atoms with E-state index in [4.69, 9.17) is 5.11 Å². The van der Waals surface area contributed by atoms with E-state index in [1.54, 1.807) is 6.92 Å². The van der Waals surface area contributed by atoms with Crippen molar-refractivity contribution in [3.63, 3.8) is 0 Å². The predicted molar refractivity (Wildman–Crippen MR) is 40.7 cm³/mol. The van der Waals surface area contributed by atoms with Crippen LogP contribution >= 0.6 is 0 Å². The average molecular weight is 230 g/mol. The Morgan fingerprint density at radius 3 is 2.71 bits per heavy atom. The Balaban J connectivity index is 0. The summed E-state index contributed by atoms with van der Waals surface area (Å²) in [5, 5.41) is 19.0. The van der Waals surface area contributed by atoms with Gasteiger partial charge < -0.3 is 27.6 Å². The van der Waals surface area contributed by atoms with Gasteiger partial charge in [-0.3, -0.25) is 0 Å². The van der Waals surface area contributed by atoms with E-state index in [0.29, 0.717) is 5.82 Å². The SMILES string of the molecule is Cc1ncc([N+](=O)[O-])n1CCO.[Cl-].[Na+]. The quantitative estimate of drug-likeness (QED) is 0.318. The zero-order chi connectivity index (χ0) is 9.14. The third-order valence-electron chi connectivity index (χ3n) is 1.54. The van der Waals surface area contributed by atoms with Crippen molar-refractivity contribution in [2.45, 2.75) is 13.5 Å². The summed E-state index contributed by atoms with van der Waals surface area (Å²) in [4.78, 5) is 13.6. The fourth-order valence-corrected chi connectivity index (χ4v) is 0.978. The monoisotopic (exact) mass is 229 g/mol. The van der Waals surface area contributed by atoms with E-state index in [1.807, 2.05) is 0 Å². The number of nitro groups is 1. The largest absolute Gasteiger partial charge is 1.00 e. The molecule has 0 aliphatic rings. The molecule has 1 heterocycles.